The van der Waals surface area contributed by atoms with Crippen LogP contribution in [0.2, 0.25) is 0 Å². The number of amides is 2. The maximum Gasteiger partial charge on any atom is 0.293 e. The molecular formula is C25H30FN5O4. The summed E-state index contributed by atoms with van der Waals surface area (Å²) < 4.78 is 13.2. The fourth-order valence-electron chi connectivity index (χ4n) is 4.70. The van der Waals surface area contributed by atoms with E-state index < -0.39 is 4.92 Å². The highest BCUT2D eigenvalue weighted by atomic mass is 19.1. The normalized spacial score (nSPS) is 17.3. The van der Waals surface area contributed by atoms with Crippen LogP contribution in [0.3, 0.4) is 0 Å². The van der Waals surface area contributed by atoms with Gasteiger partial charge < -0.3 is 14.7 Å². The summed E-state index contributed by atoms with van der Waals surface area (Å²) in [7, 11) is 0. The second-order valence-corrected chi connectivity index (χ2v) is 9.00. The van der Waals surface area contributed by atoms with E-state index in [1.807, 2.05) is 4.90 Å². The lowest BCUT2D eigenvalue weighted by molar-refractivity contribution is -0.384. The standard InChI is InChI=1S/C25H30FN5O4/c1-19(32)28-13-15-29(16-14-28)23-8-5-21(17-24(23)31(34)35)25(33)30-10-2-9-27(11-12-30)18-20-3-6-22(26)7-4-20/h3-8,17H,2,9-16,18H2,1H3. The van der Waals surface area contributed by atoms with E-state index in [0.29, 0.717) is 63.6 Å². The van der Waals surface area contributed by atoms with Crippen LogP contribution in [-0.4, -0.2) is 83.8 Å². The third-order valence-corrected chi connectivity index (χ3v) is 6.68. The molecule has 0 radical (unpaired) electrons. The van der Waals surface area contributed by atoms with Gasteiger partial charge in [-0.05, 0) is 36.2 Å². The van der Waals surface area contributed by atoms with Crippen molar-refractivity contribution in [3.63, 3.8) is 0 Å². The van der Waals surface area contributed by atoms with Gasteiger partial charge in [0.15, 0.2) is 0 Å². The molecule has 0 aliphatic carbocycles. The van der Waals surface area contributed by atoms with Gasteiger partial charge in [0.1, 0.15) is 11.5 Å². The highest BCUT2D eigenvalue weighted by Crippen LogP contribution is 2.30. The summed E-state index contributed by atoms with van der Waals surface area (Å²) in [6.45, 7) is 6.79. The summed E-state index contributed by atoms with van der Waals surface area (Å²) in [5.41, 5.74) is 1.69. The van der Waals surface area contributed by atoms with E-state index in [0.717, 1.165) is 18.5 Å². The van der Waals surface area contributed by atoms with Gasteiger partial charge >= 0.3 is 0 Å². The molecule has 2 aliphatic heterocycles. The molecule has 10 heteroatoms. The molecule has 0 unspecified atom stereocenters. The number of carbonyl (C=O) groups excluding carboxylic acids is 2. The first kappa shape index (κ1) is 24.6. The first-order chi connectivity index (χ1) is 16.8. The van der Waals surface area contributed by atoms with E-state index >= 15 is 0 Å². The predicted octanol–water partition coefficient (Wildman–Crippen LogP) is 2.75. The van der Waals surface area contributed by atoms with Gasteiger partial charge in [-0.25, -0.2) is 4.39 Å². The quantitative estimate of drug-likeness (QED) is 0.480. The third kappa shape index (κ3) is 5.94. The minimum Gasteiger partial charge on any atom is -0.362 e. The van der Waals surface area contributed by atoms with Crippen molar-refractivity contribution in [3.8, 4) is 0 Å². The lowest BCUT2D eigenvalue weighted by Crippen LogP contribution is -2.48. The summed E-state index contributed by atoms with van der Waals surface area (Å²) in [6, 6.07) is 11.1. The first-order valence-corrected chi connectivity index (χ1v) is 11.9. The lowest BCUT2D eigenvalue weighted by Gasteiger charge is -2.35. The minimum absolute atomic E-state index is 0.00576. The monoisotopic (exact) mass is 483 g/mol. The Hall–Kier alpha value is -3.53. The fourth-order valence-corrected chi connectivity index (χ4v) is 4.70. The molecule has 0 atom stereocenters. The summed E-state index contributed by atoms with van der Waals surface area (Å²) in [6.07, 6.45) is 0.785. The van der Waals surface area contributed by atoms with Gasteiger partial charge in [0, 0.05) is 77.5 Å². The van der Waals surface area contributed by atoms with Gasteiger partial charge in [-0.1, -0.05) is 12.1 Å². The molecule has 2 amide bonds. The van der Waals surface area contributed by atoms with E-state index in [9.17, 15) is 24.1 Å². The average molecular weight is 484 g/mol. The van der Waals surface area contributed by atoms with E-state index in [4.69, 9.17) is 0 Å². The molecule has 0 bridgehead atoms. The SMILES string of the molecule is CC(=O)N1CCN(c2ccc(C(=O)N3CCCN(Cc4ccc(F)cc4)CC3)cc2[N+](=O)[O-])CC1. The van der Waals surface area contributed by atoms with E-state index in [2.05, 4.69) is 4.90 Å². The average Bonchev–Trinajstić information content (AvgIpc) is 3.10. The van der Waals surface area contributed by atoms with E-state index in [1.165, 1.54) is 25.1 Å². The zero-order valence-corrected chi connectivity index (χ0v) is 19.9. The number of nitrogens with zero attached hydrogens (tertiary/aromatic N) is 5. The number of carbonyl (C=O) groups is 2. The Morgan fingerprint density at radius 1 is 0.914 bits per heavy atom. The van der Waals surface area contributed by atoms with Crippen molar-refractivity contribution < 1.29 is 18.9 Å². The largest absolute Gasteiger partial charge is 0.362 e. The van der Waals surface area contributed by atoms with E-state index in [1.54, 1.807) is 34.1 Å². The molecule has 2 saturated heterocycles. The van der Waals surface area contributed by atoms with Gasteiger partial charge in [0.2, 0.25) is 5.91 Å². The van der Waals surface area contributed by atoms with Crippen LogP contribution in [0, 0.1) is 15.9 Å². The topological polar surface area (TPSA) is 90.2 Å². The predicted molar refractivity (Wildman–Crippen MR) is 130 cm³/mol. The van der Waals surface area contributed by atoms with Gasteiger partial charge in [-0.3, -0.25) is 24.6 Å². The molecule has 4 rings (SSSR count). The molecule has 2 aliphatic rings. The van der Waals surface area contributed by atoms with Gasteiger partial charge in [0.05, 0.1) is 4.92 Å². The zero-order chi connectivity index (χ0) is 24.9. The van der Waals surface area contributed by atoms with Crippen molar-refractivity contribution in [2.45, 2.75) is 19.9 Å². The second-order valence-electron chi connectivity index (χ2n) is 9.00. The summed E-state index contributed by atoms with van der Waals surface area (Å²) in [5.74, 6) is -0.488. The van der Waals surface area contributed by atoms with Crippen molar-refractivity contribution in [1.82, 2.24) is 14.7 Å². The summed E-state index contributed by atoms with van der Waals surface area (Å²) in [4.78, 5) is 43.8. The van der Waals surface area contributed by atoms with Crippen molar-refractivity contribution in [1.29, 1.82) is 0 Å². The second kappa shape index (κ2) is 10.8. The van der Waals surface area contributed by atoms with Crippen LogP contribution < -0.4 is 4.90 Å². The molecule has 0 spiro atoms. The molecule has 2 heterocycles. The molecule has 2 fully saturated rings. The maximum atomic E-state index is 13.2. The number of rotatable bonds is 5. The number of benzene rings is 2. The number of nitro benzene ring substituents is 1. The van der Waals surface area contributed by atoms with E-state index in [-0.39, 0.29) is 23.3 Å². The molecular weight excluding hydrogens is 453 g/mol. The van der Waals surface area contributed by atoms with Crippen LogP contribution in [0.5, 0.6) is 0 Å². The Morgan fingerprint density at radius 3 is 2.26 bits per heavy atom. The highest BCUT2D eigenvalue weighted by Gasteiger charge is 2.27. The fraction of sp³-hybridized carbons (Fsp3) is 0.440. The molecule has 2 aromatic carbocycles. The Labute approximate surface area is 203 Å². The van der Waals surface area contributed by atoms with Gasteiger partial charge in [0.25, 0.3) is 11.6 Å². The Balaban J connectivity index is 1.42. The Morgan fingerprint density at radius 2 is 1.60 bits per heavy atom. The van der Waals surface area contributed by atoms with Crippen molar-refractivity contribution in [2.75, 3.05) is 57.3 Å². The van der Waals surface area contributed by atoms with Crippen molar-refractivity contribution in [2.24, 2.45) is 0 Å². The first-order valence-electron chi connectivity index (χ1n) is 11.9. The zero-order valence-electron chi connectivity index (χ0n) is 19.9. The molecule has 0 N–H and O–H groups in total. The number of anilines is 1. The molecule has 9 nitrogen and oxygen atoms in total. The molecule has 0 aromatic heterocycles. The summed E-state index contributed by atoms with van der Waals surface area (Å²) in [5, 5.41) is 11.8. The third-order valence-electron chi connectivity index (χ3n) is 6.68. The van der Waals surface area contributed by atoms with Crippen LogP contribution in [0.25, 0.3) is 0 Å². The molecule has 35 heavy (non-hydrogen) atoms. The van der Waals surface area contributed by atoms with Crippen LogP contribution >= 0.6 is 0 Å². The van der Waals surface area contributed by atoms with Crippen LogP contribution in [0.15, 0.2) is 42.5 Å². The van der Waals surface area contributed by atoms with Gasteiger partial charge in [-0.15, -0.1) is 0 Å². The number of piperazine rings is 1. The van der Waals surface area contributed by atoms with Crippen LogP contribution in [0.1, 0.15) is 29.3 Å². The Bertz CT molecular complexity index is 1090. The number of hydrogen-bond acceptors (Lipinski definition) is 6. The number of nitro groups is 1. The maximum absolute atomic E-state index is 13.2. The Kier molecular flexibility index (Phi) is 7.60. The minimum atomic E-state index is -0.448. The molecule has 0 saturated carbocycles. The van der Waals surface area contributed by atoms with Gasteiger partial charge in [-0.2, -0.15) is 0 Å². The smallest absolute Gasteiger partial charge is 0.293 e. The van der Waals surface area contributed by atoms with Crippen LogP contribution in [-0.2, 0) is 11.3 Å². The van der Waals surface area contributed by atoms with Crippen molar-refractivity contribution in [3.05, 3.63) is 69.5 Å². The van der Waals surface area contributed by atoms with Crippen LogP contribution in [0.4, 0.5) is 15.8 Å². The number of halogens is 1. The van der Waals surface area contributed by atoms with Crippen molar-refractivity contribution >= 4 is 23.2 Å². The number of hydrogen-bond donors (Lipinski definition) is 0. The molecule has 186 valence electrons. The lowest BCUT2D eigenvalue weighted by atomic mass is 10.1. The molecule has 2 aromatic rings. The highest BCUT2D eigenvalue weighted by molar-refractivity contribution is 5.96. The summed E-state index contributed by atoms with van der Waals surface area (Å²) >= 11 is 0.